The highest BCUT2D eigenvalue weighted by Crippen LogP contribution is 2.41. The van der Waals surface area contributed by atoms with Gasteiger partial charge in [0.05, 0.1) is 5.02 Å². The first-order chi connectivity index (χ1) is 16.0. The van der Waals surface area contributed by atoms with Crippen LogP contribution in [0.2, 0.25) is 10.0 Å². The maximum Gasteiger partial charge on any atom is 0.267 e. The van der Waals surface area contributed by atoms with E-state index in [1.807, 2.05) is 60.7 Å². The maximum absolute atomic E-state index is 12.9. The number of hydrogen-bond acceptors (Lipinski definition) is 4. The molecule has 1 heterocycles. The van der Waals surface area contributed by atoms with Gasteiger partial charge in [-0.15, -0.1) is 0 Å². The number of nitriles is 1. The van der Waals surface area contributed by atoms with Gasteiger partial charge in [-0.25, -0.2) is 0 Å². The van der Waals surface area contributed by atoms with Crippen LogP contribution in [0, 0.1) is 11.3 Å². The van der Waals surface area contributed by atoms with Crippen molar-refractivity contribution in [2.24, 2.45) is 0 Å². The molecule has 0 fully saturated rings. The van der Waals surface area contributed by atoms with Gasteiger partial charge in [0, 0.05) is 16.1 Å². The first-order valence-electron chi connectivity index (χ1n) is 10.1. The van der Waals surface area contributed by atoms with Crippen LogP contribution in [-0.4, -0.2) is 12.0 Å². The van der Waals surface area contributed by atoms with E-state index in [2.05, 4.69) is 11.4 Å². The topological polar surface area (TPSA) is 75.3 Å². The molecule has 7 heteroatoms. The number of hydrogen-bond donors (Lipinski definition) is 1. The minimum absolute atomic E-state index is 0.0536. The van der Waals surface area contributed by atoms with E-state index in [-0.39, 0.29) is 16.5 Å². The molecule has 0 spiro atoms. The molecule has 1 unspecified atom stereocenters. The van der Waals surface area contributed by atoms with E-state index in [0.717, 1.165) is 11.1 Å². The molecule has 1 aromatic heterocycles. The molecule has 1 atom stereocenters. The number of furan rings is 1. The Kier molecular flexibility index (Phi) is 6.69. The fraction of sp³-hybridized carbons (Fsp3) is 0.0769. The molecule has 4 rings (SSSR count). The van der Waals surface area contributed by atoms with E-state index < -0.39 is 12.0 Å². The lowest BCUT2D eigenvalue weighted by molar-refractivity contribution is -0.122. The van der Waals surface area contributed by atoms with Crippen molar-refractivity contribution in [1.82, 2.24) is 0 Å². The number of ether oxygens (including phenoxy) is 1. The molecule has 0 aliphatic heterocycles. The Morgan fingerprint density at radius 2 is 1.64 bits per heavy atom. The lowest BCUT2D eigenvalue weighted by Gasteiger charge is -2.15. The summed E-state index contributed by atoms with van der Waals surface area (Å²) in [4.78, 5) is 12.9. The second-order valence-corrected chi connectivity index (χ2v) is 8.02. The van der Waals surface area contributed by atoms with E-state index in [1.54, 1.807) is 19.1 Å². The highest BCUT2D eigenvalue weighted by Gasteiger charge is 2.26. The molecule has 5 nitrogen and oxygen atoms in total. The van der Waals surface area contributed by atoms with Crippen LogP contribution in [0.3, 0.4) is 0 Å². The van der Waals surface area contributed by atoms with Crippen LogP contribution in [0.1, 0.15) is 12.5 Å². The Labute approximate surface area is 201 Å². The van der Waals surface area contributed by atoms with Gasteiger partial charge in [-0.05, 0) is 30.7 Å². The zero-order valence-corrected chi connectivity index (χ0v) is 19.0. The standard InChI is InChI=1S/C26H18Cl2N2O3/c1-16(32-22-13-12-19(27)14-21(22)28)25(31)30-26-20(15-29)23(17-8-4-2-5-9-17)24(33-26)18-10-6-3-7-11-18/h2-14,16H,1H3,(H,30,31). The maximum atomic E-state index is 12.9. The summed E-state index contributed by atoms with van der Waals surface area (Å²) in [5.41, 5.74) is 2.42. The minimum Gasteiger partial charge on any atom is -0.479 e. The predicted molar refractivity (Wildman–Crippen MR) is 129 cm³/mol. The molecule has 0 aliphatic carbocycles. The smallest absolute Gasteiger partial charge is 0.267 e. The SMILES string of the molecule is CC(Oc1ccc(Cl)cc1Cl)C(=O)Nc1oc(-c2ccccc2)c(-c2ccccc2)c1C#N. The normalized spacial score (nSPS) is 11.5. The van der Waals surface area contributed by atoms with Crippen LogP contribution >= 0.6 is 23.2 Å². The zero-order chi connectivity index (χ0) is 23.4. The van der Waals surface area contributed by atoms with Gasteiger partial charge in [-0.3, -0.25) is 10.1 Å². The average Bonchev–Trinajstić information content (AvgIpc) is 3.20. The number of rotatable bonds is 6. The fourth-order valence-electron chi connectivity index (χ4n) is 3.33. The molecule has 0 bridgehead atoms. The first-order valence-corrected chi connectivity index (χ1v) is 10.8. The Hall–Kier alpha value is -3.72. The third-order valence-corrected chi connectivity index (χ3v) is 5.45. The van der Waals surface area contributed by atoms with Crippen molar-refractivity contribution in [2.45, 2.75) is 13.0 Å². The lowest BCUT2D eigenvalue weighted by Crippen LogP contribution is -2.30. The van der Waals surface area contributed by atoms with Crippen LogP contribution < -0.4 is 10.1 Å². The van der Waals surface area contributed by atoms with Crippen molar-refractivity contribution in [3.8, 4) is 34.3 Å². The second-order valence-electron chi connectivity index (χ2n) is 7.18. The highest BCUT2D eigenvalue weighted by molar-refractivity contribution is 6.35. The van der Waals surface area contributed by atoms with Crippen LogP contribution in [0.15, 0.2) is 83.3 Å². The van der Waals surface area contributed by atoms with Crippen LogP contribution in [0.5, 0.6) is 5.75 Å². The van der Waals surface area contributed by atoms with Crippen molar-refractivity contribution in [2.75, 3.05) is 5.32 Å². The van der Waals surface area contributed by atoms with Gasteiger partial charge in [-0.2, -0.15) is 5.26 Å². The number of nitrogens with zero attached hydrogens (tertiary/aromatic N) is 1. The Balaban J connectivity index is 1.68. The summed E-state index contributed by atoms with van der Waals surface area (Å²) in [7, 11) is 0. The van der Waals surface area contributed by atoms with Gasteiger partial charge in [0.25, 0.3) is 5.91 Å². The molecule has 0 saturated heterocycles. The van der Waals surface area contributed by atoms with Crippen molar-refractivity contribution < 1.29 is 13.9 Å². The number of benzene rings is 3. The molecule has 3 aromatic carbocycles. The molecule has 0 radical (unpaired) electrons. The molecule has 33 heavy (non-hydrogen) atoms. The van der Waals surface area contributed by atoms with Crippen molar-refractivity contribution in [3.05, 3.63) is 94.5 Å². The van der Waals surface area contributed by atoms with Gasteiger partial charge in [-0.1, -0.05) is 83.9 Å². The zero-order valence-electron chi connectivity index (χ0n) is 17.5. The van der Waals surface area contributed by atoms with Gasteiger partial charge in [0.2, 0.25) is 5.88 Å². The summed E-state index contributed by atoms with van der Waals surface area (Å²) in [5, 5.41) is 13.4. The Bertz CT molecular complexity index is 1330. The number of anilines is 1. The largest absolute Gasteiger partial charge is 0.479 e. The Morgan fingerprint density at radius 3 is 2.24 bits per heavy atom. The van der Waals surface area contributed by atoms with E-state index >= 15 is 0 Å². The average molecular weight is 477 g/mol. The lowest BCUT2D eigenvalue weighted by atomic mass is 9.98. The van der Waals surface area contributed by atoms with Gasteiger partial charge < -0.3 is 9.15 Å². The minimum atomic E-state index is -0.916. The van der Waals surface area contributed by atoms with Crippen LogP contribution in [0.25, 0.3) is 22.5 Å². The second kappa shape index (κ2) is 9.83. The molecule has 1 amide bonds. The summed E-state index contributed by atoms with van der Waals surface area (Å²) in [6.07, 6.45) is -0.916. The van der Waals surface area contributed by atoms with Crippen molar-refractivity contribution >= 4 is 35.0 Å². The number of carbonyl (C=O) groups excluding carboxylic acids is 1. The van der Waals surface area contributed by atoms with Gasteiger partial charge >= 0.3 is 0 Å². The van der Waals surface area contributed by atoms with Crippen LogP contribution in [0.4, 0.5) is 5.88 Å². The van der Waals surface area contributed by atoms with Crippen molar-refractivity contribution in [3.63, 3.8) is 0 Å². The molecule has 0 aliphatic rings. The van der Waals surface area contributed by atoms with E-state index in [9.17, 15) is 10.1 Å². The van der Waals surface area contributed by atoms with E-state index in [0.29, 0.717) is 22.1 Å². The summed E-state index contributed by atoms with van der Waals surface area (Å²) < 4.78 is 11.7. The van der Waals surface area contributed by atoms with E-state index in [1.165, 1.54) is 6.07 Å². The predicted octanol–water partition coefficient (Wildman–Crippen LogP) is 7.20. The highest BCUT2D eigenvalue weighted by atomic mass is 35.5. The van der Waals surface area contributed by atoms with Crippen LogP contribution in [-0.2, 0) is 4.79 Å². The molecule has 164 valence electrons. The monoisotopic (exact) mass is 476 g/mol. The molecular weight excluding hydrogens is 459 g/mol. The summed E-state index contributed by atoms with van der Waals surface area (Å²) in [6, 6.07) is 25.7. The summed E-state index contributed by atoms with van der Waals surface area (Å²) in [5.74, 6) is 0.366. The quantitative estimate of drug-likeness (QED) is 0.319. The van der Waals surface area contributed by atoms with E-state index in [4.69, 9.17) is 32.4 Å². The fourth-order valence-corrected chi connectivity index (χ4v) is 3.78. The molecular formula is C26H18Cl2N2O3. The van der Waals surface area contributed by atoms with Crippen molar-refractivity contribution in [1.29, 1.82) is 5.26 Å². The number of amides is 1. The number of carbonyl (C=O) groups is 1. The molecule has 4 aromatic rings. The third kappa shape index (κ3) is 4.88. The summed E-state index contributed by atoms with van der Waals surface area (Å²) >= 11 is 12.1. The third-order valence-electron chi connectivity index (χ3n) is 4.92. The first kappa shape index (κ1) is 22.5. The summed E-state index contributed by atoms with van der Waals surface area (Å²) in [6.45, 7) is 1.57. The molecule has 0 saturated carbocycles. The van der Waals surface area contributed by atoms with Gasteiger partial charge in [0.1, 0.15) is 23.1 Å². The van der Waals surface area contributed by atoms with Gasteiger partial charge in [0.15, 0.2) is 6.10 Å². The number of halogens is 2. The Morgan fingerprint density at radius 1 is 1.00 bits per heavy atom. The number of nitrogens with one attached hydrogen (secondary N) is 1. The molecule has 1 N–H and O–H groups in total.